The Bertz CT molecular complexity index is 454. The average molecular weight is 302 g/mol. The lowest BCUT2D eigenvalue weighted by molar-refractivity contribution is 0.501. The zero-order valence-corrected chi connectivity index (χ0v) is 11.3. The Morgan fingerprint density at radius 2 is 2.38 bits per heavy atom. The summed E-state index contributed by atoms with van der Waals surface area (Å²) in [6.45, 7) is 3.53. The van der Waals surface area contributed by atoms with Gasteiger partial charge in [0.15, 0.2) is 5.89 Å². The molecule has 2 heterocycles. The molecule has 0 radical (unpaired) electrons. The Kier molecular flexibility index (Phi) is 4.09. The van der Waals surface area contributed by atoms with Crippen molar-refractivity contribution in [1.82, 2.24) is 14.7 Å². The smallest absolute Gasteiger partial charge is 0.193 e. The quantitative estimate of drug-likeness (QED) is 0.922. The van der Waals surface area contributed by atoms with Crippen LogP contribution in [0.25, 0.3) is 0 Å². The van der Waals surface area contributed by atoms with Crippen LogP contribution in [0.4, 0.5) is 0 Å². The maximum atomic E-state index is 5.26. The van der Waals surface area contributed by atoms with Gasteiger partial charge < -0.3 is 9.73 Å². The molecule has 2 aromatic heterocycles. The molecule has 16 heavy (non-hydrogen) atoms. The summed E-state index contributed by atoms with van der Waals surface area (Å²) in [4.78, 5) is 5.51. The molecular formula is C10H12BrN3OS. The van der Waals surface area contributed by atoms with Gasteiger partial charge in [0.1, 0.15) is 6.26 Å². The summed E-state index contributed by atoms with van der Waals surface area (Å²) >= 11 is 4.93. The number of nitrogens with one attached hydrogen (secondary N) is 1. The van der Waals surface area contributed by atoms with Crippen LogP contribution in [-0.2, 0) is 19.5 Å². The molecule has 2 aromatic rings. The SMILES string of the molecule is CCc1nc(CNCc2sncc2Br)co1. The highest BCUT2D eigenvalue weighted by Gasteiger charge is 2.04. The number of aryl methyl sites for hydroxylation is 1. The van der Waals surface area contributed by atoms with Gasteiger partial charge in [-0.15, -0.1) is 0 Å². The third kappa shape index (κ3) is 2.90. The van der Waals surface area contributed by atoms with Crippen LogP contribution in [-0.4, -0.2) is 9.36 Å². The third-order valence-corrected chi connectivity index (χ3v) is 3.83. The van der Waals surface area contributed by atoms with E-state index in [1.165, 1.54) is 16.4 Å². The minimum absolute atomic E-state index is 0.716. The van der Waals surface area contributed by atoms with Crippen LogP contribution < -0.4 is 5.32 Å². The Hall–Kier alpha value is -0.720. The van der Waals surface area contributed by atoms with Crippen LogP contribution in [0.2, 0.25) is 0 Å². The number of aromatic nitrogens is 2. The van der Waals surface area contributed by atoms with E-state index in [2.05, 4.69) is 30.6 Å². The zero-order chi connectivity index (χ0) is 11.4. The van der Waals surface area contributed by atoms with Crippen LogP contribution >= 0.6 is 27.5 Å². The predicted molar refractivity (Wildman–Crippen MR) is 66.2 cm³/mol. The summed E-state index contributed by atoms with van der Waals surface area (Å²) in [5.41, 5.74) is 0.942. The number of nitrogens with zero attached hydrogens (tertiary/aromatic N) is 2. The lowest BCUT2D eigenvalue weighted by Gasteiger charge is -1.99. The van der Waals surface area contributed by atoms with Crippen molar-refractivity contribution in [1.29, 1.82) is 0 Å². The number of halogens is 1. The van der Waals surface area contributed by atoms with Crippen LogP contribution in [0.5, 0.6) is 0 Å². The molecular weight excluding hydrogens is 290 g/mol. The first-order chi connectivity index (χ1) is 7.79. The Morgan fingerprint density at radius 1 is 1.50 bits per heavy atom. The molecule has 2 rings (SSSR count). The van der Waals surface area contributed by atoms with Crippen LogP contribution in [0, 0.1) is 0 Å². The first-order valence-electron chi connectivity index (χ1n) is 5.02. The van der Waals surface area contributed by atoms with Crippen molar-refractivity contribution < 1.29 is 4.42 Å². The summed E-state index contributed by atoms with van der Waals surface area (Å²) in [5.74, 6) is 0.788. The van der Waals surface area contributed by atoms with Crippen molar-refractivity contribution in [3.63, 3.8) is 0 Å². The molecule has 6 heteroatoms. The monoisotopic (exact) mass is 301 g/mol. The van der Waals surface area contributed by atoms with E-state index in [1.807, 2.05) is 13.1 Å². The number of hydrogen-bond donors (Lipinski definition) is 1. The van der Waals surface area contributed by atoms with Crippen molar-refractivity contribution >= 4 is 27.5 Å². The lowest BCUT2D eigenvalue weighted by Crippen LogP contribution is -2.12. The average Bonchev–Trinajstić information content (AvgIpc) is 2.89. The van der Waals surface area contributed by atoms with E-state index in [1.54, 1.807) is 6.26 Å². The highest BCUT2D eigenvalue weighted by Crippen LogP contribution is 2.19. The van der Waals surface area contributed by atoms with Crippen molar-refractivity contribution in [3.05, 3.63) is 33.4 Å². The van der Waals surface area contributed by atoms with E-state index in [0.717, 1.165) is 29.0 Å². The van der Waals surface area contributed by atoms with Gasteiger partial charge in [0.2, 0.25) is 0 Å². The molecule has 0 aliphatic carbocycles. The second-order valence-electron chi connectivity index (χ2n) is 3.29. The molecule has 0 fully saturated rings. The number of oxazole rings is 1. The van der Waals surface area contributed by atoms with Crippen molar-refractivity contribution in [3.8, 4) is 0 Å². The minimum Gasteiger partial charge on any atom is -0.449 e. The number of hydrogen-bond acceptors (Lipinski definition) is 5. The molecule has 0 aliphatic heterocycles. The minimum atomic E-state index is 0.716. The van der Waals surface area contributed by atoms with Crippen LogP contribution in [0.15, 0.2) is 21.3 Å². The third-order valence-electron chi connectivity index (χ3n) is 2.09. The second kappa shape index (κ2) is 5.56. The van der Waals surface area contributed by atoms with Crippen molar-refractivity contribution in [2.45, 2.75) is 26.4 Å². The van der Waals surface area contributed by atoms with E-state index in [9.17, 15) is 0 Å². The van der Waals surface area contributed by atoms with Gasteiger partial charge in [-0.1, -0.05) is 6.92 Å². The summed E-state index contributed by atoms with van der Waals surface area (Å²) in [6.07, 6.45) is 4.35. The fraction of sp³-hybridized carbons (Fsp3) is 0.400. The van der Waals surface area contributed by atoms with Gasteiger partial charge >= 0.3 is 0 Å². The molecule has 0 saturated carbocycles. The first kappa shape index (κ1) is 11.8. The molecule has 0 atom stereocenters. The van der Waals surface area contributed by atoms with Crippen LogP contribution in [0.3, 0.4) is 0 Å². The van der Waals surface area contributed by atoms with Gasteiger partial charge in [-0.2, -0.15) is 4.37 Å². The lowest BCUT2D eigenvalue weighted by atomic mass is 10.4. The van der Waals surface area contributed by atoms with Crippen molar-refractivity contribution in [2.75, 3.05) is 0 Å². The summed E-state index contributed by atoms with van der Waals surface area (Å²) in [7, 11) is 0. The fourth-order valence-corrected chi connectivity index (χ4v) is 2.45. The van der Waals surface area contributed by atoms with Crippen LogP contribution in [0.1, 0.15) is 23.4 Å². The first-order valence-corrected chi connectivity index (χ1v) is 6.59. The highest BCUT2D eigenvalue weighted by molar-refractivity contribution is 9.10. The van der Waals surface area contributed by atoms with Gasteiger partial charge in [-0.3, -0.25) is 0 Å². The predicted octanol–water partition coefficient (Wildman–Crippen LogP) is 2.75. The molecule has 0 unspecified atom stereocenters. The summed E-state index contributed by atoms with van der Waals surface area (Å²) in [5, 5.41) is 3.30. The largest absolute Gasteiger partial charge is 0.449 e. The van der Waals surface area contributed by atoms with Gasteiger partial charge in [0, 0.05) is 19.5 Å². The molecule has 0 aromatic carbocycles. The molecule has 0 spiro atoms. The van der Waals surface area contributed by atoms with Crippen molar-refractivity contribution in [2.24, 2.45) is 0 Å². The van der Waals surface area contributed by atoms with E-state index < -0.39 is 0 Å². The maximum Gasteiger partial charge on any atom is 0.193 e. The number of rotatable bonds is 5. The van der Waals surface area contributed by atoms with E-state index in [-0.39, 0.29) is 0 Å². The highest BCUT2D eigenvalue weighted by atomic mass is 79.9. The van der Waals surface area contributed by atoms with Gasteiger partial charge in [-0.25, -0.2) is 4.98 Å². The topological polar surface area (TPSA) is 51.0 Å². The molecule has 0 bridgehead atoms. The maximum absolute atomic E-state index is 5.26. The summed E-state index contributed by atoms with van der Waals surface area (Å²) in [6, 6.07) is 0. The molecule has 1 N–H and O–H groups in total. The zero-order valence-electron chi connectivity index (χ0n) is 8.86. The Morgan fingerprint density at radius 3 is 3.00 bits per heavy atom. The summed E-state index contributed by atoms with van der Waals surface area (Å²) < 4.78 is 10.4. The van der Waals surface area contributed by atoms with Gasteiger partial charge in [0.25, 0.3) is 0 Å². The van der Waals surface area contributed by atoms with E-state index in [0.29, 0.717) is 6.54 Å². The van der Waals surface area contributed by atoms with Gasteiger partial charge in [-0.05, 0) is 27.5 Å². The normalized spacial score (nSPS) is 10.9. The molecule has 0 amide bonds. The van der Waals surface area contributed by atoms with E-state index in [4.69, 9.17) is 4.42 Å². The Balaban J connectivity index is 1.82. The molecule has 86 valence electrons. The molecule has 0 saturated heterocycles. The fourth-order valence-electron chi connectivity index (χ4n) is 1.27. The molecule has 4 nitrogen and oxygen atoms in total. The Labute approximate surface area is 106 Å². The van der Waals surface area contributed by atoms with E-state index >= 15 is 0 Å². The van der Waals surface area contributed by atoms with Gasteiger partial charge in [0.05, 0.1) is 21.2 Å². The molecule has 0 aliphatic rings. The second-order valence-corrected chi connectivity index (χ2v) is 5.03. The standard InChI is InChI=1S/C10H12BrN3OS/c1-2-10-14-7(6-15-10)3-12-5-9-8(11)4-13-16-9/h4,6,12H,2-3,5H2,1H3.